The van der Waals surface area contributed by atoms with E-state index in [-0.39, 0.29) is 10.9 Å². The van der Waals surface area contributed by atoms with Crippen LogP contribution >= 0.6 is 0 Å². The van der Waals surface area contributed by atoms with Gasteiger partial charge in [0.1, 0.15) is 0 Å². The molecule has 100 valence electrons. The van der Waals surface area contributed by atoms with Crippen molar-refractivity contribution in [3.63, 3.8) is 0 Å². The molecule has 0 unspecified atom stereocenters. The summed E-state index contributed by atoms with van der Waals surface area (Å²) < 4.78 is 24.7. The quantitative estimate of drug-likeness (QED) is 0.892. The summed E-state index contributed by atoms with van der Waals surface area (Å²) in [6.45, 7) is 0. The second kappa shape index (κ2) is 5.36. The summed E-state index contributed by atoms with van der Waals surface area (Å²) in [5.74, 6) is 0. The maximum Gasteiger partial charge on any atom is 0.321 e. The third-order valence-corrected chi connectivity index (χ3v) is 4.12. The number of carbonyl (C=O) groups excluding carboxylic acids is 1. The molecule has 1 N–H and O–H groups in total. The van der Waals surface area contributed by atoms with Crippen molar-refractivity contribution in [1.82, 2.24) is 9.21 Å². The van der Waals surface area contributed by atoms with Crippen LogP contribution in [-0.2, 0) is 10.0 Å². The predicted octanol–water partition coefficient (Wildman–Crippen LogP) is 1.03. The van der Waals surface area contributed by atoms with Crippen molar-refractivity contribution < 1.29 is 13.2 Å². The van der Waals surface area contributed by atoms with Crippen LogP contribution in [0.4, 0.5) is 10.5 Å². The molecule has 0 aliphatic carbocycles. The first-order chi connectivity index (χ1) is 8.25. The van der Waals surface area contributed by atoms with Gasteiger partial charge in [-0.1, -0.05) is 0 Å². The number of nitrogens with one attached hydrogen (secondary N) is 1. The summed E-state index contributed by atoms with van der Waals surface area (Å²) in [5, 5.41) is 2.63. The van der Waals surface area contributed by atoms with Gasteiger partial charge in [-0.05, 0) is 24.3 Å². The minimum Gasteiger partial charge on any atom is -0.331 e. The van der Waals surface area contributed by atoms with Crippen molar-refractivity contribution in [3.05, 3.63) is 24.3 Å². The second-order valence-corrected chi connectivity index (χ2v) is 6.29. The standard InChI is InChI=1S/C11H17N3O3S/c1-13(2)11(15)12-9-5-7-10(8-6-9)18(16,17)14(3)4/h5-8H,1-4H3,(H,12,15). The Bertz CT molecular complexity index is 521. The molecular weight excluding hydrogens is 254 g/mol. The highest BCUT2D eigenvalue weighted by molar-refractivity contribution is 7.89. The molecule has 18 heavy (non-hydrogen) atoms. The van der Waals surface area contributed by atoms with Crippen molar-refractivity contribution in [3.8, 4) is 0 Å². The molecule has 0 bridgehead atoms. The average Bonchev–Trinajstić information content (AvgIpc) is 2.29. The summed E-state index contributed by atoms with van der Waals surface area (Å²) in [5.41, 5.74) is 0.548. The third kappa shape index (κ3) is 3.21. The Hall–Kier alpha value is -1.60. The van der Waals surface area contributed by atoms with E-state index in [2.05, 4.69) is 5.32 Å². The molecule has 0 atom stereocenters. The van der Waals surface area contributed by atoms with Crippen LogP contribution in [0.2, 0.25) is 0 Å². The van der Waals surface area contributed by atoms with Gasteiger partial charge in [-0.3, -0.25) is 0 Å². The van der Waals surface area contributed by atoms with Crippen LogP contribution in [0.5, 0.6) is 0 Å². The van der Waals surface area contributed by atoms with E-state index >= 15 is 0 Å². The molecule has 7 heteroatoms. The fourth-order valence-electron chi connectivity index (χ4n) is 1.16. The number of anilines is 1. The van der Waals surface area contributed by atoms with Crippen molar-refractivity contribution in [2.24, 2.45) is 0 Å². The van der Waals surface area contributed by atoms with E-state index < -0.39 is 10.0 Å². The molecule has 0 aliphatic heterocycles. The first-order valence-electron chi connectivity index (χ1n) is 5.26. The van der Waals surface area contributed by atoms with Crippen LogP contribution in [0, 0.1) is 0 Å². The van der Waals surface area contributed by atoms with E-state index in [0.29, 0.717) is 5.69 Å². The zero-order valence-corrected chi connectivity index (χ0v) is 11.7. The van der Waals surface area contributed by atoms with Crippen LogP contribution in [0.1, 0.15) is 0 Å². The van der Waals surface area contributed by atoms with Gasteiger partial charge in [0.25, 0.3) is 0 Å². The van der Waals surface area contributed by atoms with Crippen LogP contribution < -0.4 is 5.32 Å². The Morgan fingerprint density at radius 2 is 1.56 bits per heavy atom. The van der Waals surface area contributed by atoms with Gasteiger partial charge in [0, 0.05) is 33.9 Å². The summed E-state index contributed by atoms with van der Waals surface area (Å²) in [6, 6.07) is 5.76. The van der Waals surface area contributed by atoms with Gasteiger partial charge in [-0.2, -0.15) is 0 Å². The molecule has 0 aromatic heterocycles. The van der Waals surface area contributed by atoms with Gasteiger partial charge in [0.05, 0.1) is 4.90 Å². The molecule has 0 saturated heterocycles. The molecule has 1 aromatic carbocycles. The Balaban J connectivity index is 2.91. The van der Waals surface area contributed by atoms with Crippen LogP contribution in [0.3, 0.4) is 0 Å². The summed E-state index contributed by atoms with van der Waals surface area (Å²) in [7, 11) is 2.76. The van der Waals surface area contributed by atoms with Crippen molar-refractivity contribution in [2.75, 3.05) is 33.5 Å². The largest absolute Gasteiger partial charge is 0.331 e. The molecule has 2 amide bonds. The summed E-state index contributed by atoms with van der Waals surface area (Å²) in [4.78, 5) is 13.0. The van der Waals surface area contributed by atoms with Gasteiger partial charge < -0.3 is 10.2 Å². The summed E-state index contributed by atoms with van der Waals surface area (Å²) >= 11 is 0. The lowest BCUT2D eigenvalue weighted by molar-refractivity contribution is 0.230. The Morgan fingerprint density at radius 3 is 1.94 bits per heavy atom. The Labute approximate surface area is 107 Å². The normalized spacial score (nSPS) is 11.4. The highest BCUT2D eigenvalue weighted by Gasteiger charge is 2.16. The topological polar surface area (TPSA) is 69.7 Å². The maximum absolute atomic E-state index is 11.8. The monoisotopic (exact) mass is 271 g/mol. The minimum absolute atomic E-state index is 0.190. The number of hydrogen-bond donors (Lipinski definition) is 1. The zero-order valence-electron chi connectivity index (χ0n) is 10.8. The molecule has 0 radical (unpaired) electrons. The lowest BCUT2D eigenvalue weighted by atomic mass is 10.3. The van der Waals surface area contributed by atoms with Crippen LogP contribution in [0.15, 0.2) is 29.2 Å². The zero-order chi connectivity index (χ0) is 13.9. The molecular formula is C11H17N3O3S. The van der Waals surface area contributed by atoms with E-state index in [4.69, 9.17) is 0 Å². The van der Waals surface area contributed by atoms with Gasteiger partial charge in [0.2, 0.25) is 10.0 Å². The average molecular weight is 271 g/mol. The lowest BCUT2D eigenvalue weighted by Crippen LogP contribution is -2.27. The number of amides is 2. The summed E-state index contributed by atoms with van der Waals surface area (Å²) in [6.07, 6.45) is 0. The van der Waals surface area contributed by atoms with Crippen LogP contribution in [0.25, 0.3) is 0 Å². The van der Waals surface area contributed by atoms with Gasteiger partial charge in [-0.15, -0.1) is 0 Å². The predicted molar refractivity (Wildman–Crippen MR) is 70.0 cm³/mol. The van der Waals surface area contributed by atoms with E-state index in [0.717, 1.165) is 4.31 Å². The molecule has 0 saturated carbocycles. The first-order valence-corrected chi connectivity index (χ1v) is 6.70. The number of urea groups is 1. The second-order valence-electron chi connectivity index (χ2n) is 4.14. The minimum atomic E-state index is -3.43. The SMILES string of the molecule is CN(C)C(=O)Nc1ccc(S(=O)(=O)N(C)C)cc1. The number of nitrogens with zero attached hydrogens (tertiary/aromatic N) is 2. The maximum atomic E-state index is 11.8. The van der Waals surface area contributed by atoms with E-state index in [1.807, 2.05) is 0 Å². The fourth-order valence-corrected chi connectivity index (χ4v) is 2.06. The number of rotatable bonds is 3. The molecule has 0 fully saturated rings. The van der Waals surface area contributed by atoms with Crippen molar-refractivity contribution in [2.45, 2.75) is 4.90 Å². The third-order valence-electron chi connectivity index (χ3n) is 2.29. The number of benzene rings is 1. The van der Waals surface area contributed by atoms with E-state index in [1.54, 1.807) is 26.2 Å². The molecule has 0 spiro atoms. The highest BCUT2D eigenvalue weighted by atomic mass is 32.2. The number of sulfonamides is 1. The molecule has 1 aromatic rings. The highest BCUT2D eigenvalue weighted by Crippen LogP contribution is 2.16. The number of hydrogen-bond acceptors (Lipinski definition) is 3. The molecule has 0 heterocycles. The van der Waals surface area contributed by atoms with E-state index in [1.165, 1.54) is 31.1 Å². The first kappa shape index (κ1) is 14.5. The van der Waals surface area contributed by atoms with E-state index in [9.17, 15) is 13.2 Å². The van der Waals surface area contributed by atoms with Crippen molar-refractivity contribution >= 4 is 21.7 Å². The van der Waals surface area contributed by atoms with Crippen molar-refractivity contribution in [1.29, 1.82) is 0 Å². The lowest BCUT2D eigenvalue weighted by Gasteiger charge is -2.13. The van der Waals surface area contributed by atoms with Crippen LogP contribution in [-0.4, -0.2) is 51.8 Å². The fraction of sp³-hybridized carbons (Fsp3) is 0.364. The molecule has 6 nitrogen and oxygen atoms in total. The number of carbonyl (C=O) groups is 1. The molecule has 1 rings (SSSR count). The smallest absolute Gasteiger partial charge is 0.321 e. The molecule has 0 aliphatic rings. The van der Waals surface area contributed by atoms with Gasteiger partial charge in [0.15, 0.2) is 0 Å². The van der Waals surface area contributed by atoms with Gasteiger partial charge >= 0.3 is 6.03 Å². The van der Waals surface area contributed by atoms with Gasteiger partial charge in [-0.25, -0.2) is 17.5 Å². The Kier molecular flexibility index (Phi) is 4.31. The Morgan fingerprint density at radius 1 is 1.06 bits per heavy atom.